The average molecular weight is 155 g/mol. The van der Waals surface area contributed by atoms with Crippen molar-refractivity contribution < 1.29 is 9.90 Å². The molecule has 0 aromatic rings. The quantitative estimate of drug-likeness (QED) is 0.596. The number of carbonyl (C=O) groups is 1. The summed E-state index contributed by atoms with van der Waals surface area (Å²) in [5.41, 5.74) is 5.77. The summed E-state index contributed by atoms with van der Waals surface area (Å²) in [6, 6.07) is 0. The van der Waals surface area contributed by atoms with Crippen LogP contribution < -0.4 is 5.73 Å². The molecule has 3 heteroatoms. The summed E-state index contributed by atoms with van der Waals surface area (Å²) in [7, 11) is 0. The molecule has 0 radical (unpaired) electrons. The highest BCUT2D eigenvalue weighted by Gasteiger charge is 2.33. The predicted molar refractivity (Wildman–Crippen MR) is 41.9 cm³/mol. The summed E-state index contributed by atoms with van der Waals surface area (Å²) in [4.78, 5) is 10.7. The third-order valence-corrected chi connectivity index (χ3v) is 2.30. The first-order chi connectivity index (χ1) is 5.04. The van der Waals surface area contributed by atoms with E-state index in [0.29, 0.717) is 19.3 Å². The predicted octanol–water partition coefficient (Wildman–Crippen LogP) is 1.10. The van der Waals surface area contributed by atoms with E-state index >= 15 is 0 Å². The molecule has 0 heterocycles. The molecule has 0 fully saturated rings. The van der Waals surface area contributed by atoms with Crippen LogP contribution in [0.5, 0.6) is 0 Å². The average Bonchev–Trinajstić information content (AvgIpc) is 1.95. The molecule has 3 nitrogen and oxygen atoms in total. The van der Waals surface area contributed by atoms with Gasteiger partial charge in [-0.15, -0.1) is 0 Å². The summed E-state index contributed by atoms with van der Waals surface area (Å²) in [6.07, 6.45) is 3.75. The maximum atomic E-state index is 10.7. The van der Waals surface area contributed by atoms with Gasteiger partial charge in [-0.25, -0.2) is 0 Å². The van der Waals surface area contributed by atoms with E-state index in [0.717, 1.165) is 5.70 Å². The van der Waals surface area contributed by atoms with Gasteiger partial charge in [0.2, 0.25) is 0 Å². The van der Waals surface area contributed by atoms with Gasteiger partial charge in [0.05, 0.1) is 5.41 Å². The van der Waals surface area contributed by atoms with Crippen molar-refractivity contribution >= 4 is 5.97 Å². The van der Waals surface area contributed by atoms with Crippen LogP contribution in [0.1, 0.15) is 26.2 Å². The normalized spacial score (nSPS) is 31.2. The monoisotopic (exact) mass is 155 g/mol. The number of nitrogens with two attached hydrogens (primary N) is 1. The molecule has 1 aliphatic carbocycles. The number of rotatable bonds is 1. The van der Waals surface area contributed by atoms with Gasteiger partial charge in [0.1, 0.15) is 0 Å². The van der Waals surface area contributed by atoms with Crippen LogP contribution in [0.3, 0.4) is 0 Å². The fraction of sp³-hybridized carbons (Fsp3) is 0.625. The number of hydrogen-bond donors (Lipinski definition) is 2. The molecule has 62 valence electrons. The van der Waals surface area contributed by atoms with Crippen molar-refractivity contribution in [1.82, 2.24) is 0 Å². The molecule has 1 rings (SSSR count). The van der Waals surface area contributed by atoms with Crippen LogP contribution >= 0.6 is 0 Å². The van der Waals surface area contributed by atoms with Crippen molar-refractivity contribution in [3.05, 3.63) is 11.8 Å². The lowest BCUT2D eigenvalue weighted by Crippen LogP contribution is -2.30. The second-order valence-corrected chi connectivity index (χ2v) is 3.35. The molecule has 0 aliphatic heterocycles. The van der Waals surface area contributed by atoms with Crippen LogP contribution in [-0.2, 0) is 4.79 Å². The number of carboxylic acid groups (broad SMARTS) is 1. The molecular weight excluding hydrogens is 142 g/mol. The lowest BCUT2D eigenvalue weighted by atomic mass is 9.78. The van der Waals surface area contributed by atoms with Crippen molar-refractivity contribution in [1.29, 1.82) is 0 Å². The highest BCUT2D eigenvalue weighted by atomic mass is 16.4. The van der Waals surface area contributed by atoms with Gasteiger partial charge in [-0.2, -0.15) is 0 Å². The molecule has 0 amide bonds. The van der Waals surface area contributed by atoms with E-state index in [1.54, 1.807) is 6.92 Å². The lowest BCUT2D eigenvalue weighted by molar-refractivity contribution is -0.148. The van der Waals surface area contributed by atoms with E-state index in [-0.39, 0.29) is 0 Å². The van der Waals surface area contributed by atoms with E-state index in [4.69, 9.17) is 10.8 Å². The Morgan fingerprint density at radius 2 is 2.45 bits per heavy atom. The van der Waals surface area contributed by atoms with Gasteiger partial charge in [-0.1, -0.05) is 6.08 Å². The van der Waals surface area contributed by atoms with Gasteiger partial charge in [0.25, 0.3) is 0 Å². The van der Waals surface area contributed by atoms with Gasteiger partial charge >= 0.3 is 5.97 Å². The van der Waals surface area contributed by atoms with Crippen LogP contribution in [-0.4, -0.2) is 11.1 Å². The molecule has 0 spiro atoms. The second-order valence-electron chi connectivity index (χ2n) is 3.35. The Morgan fingerprint density at radius 3 is 2.82 bits per heavy atom. The molecular formula is C8H13NO2. The molecule has 0 saturated heterocycles. The van der Waals surface area contributed by atoms with E-state index in [1.807, 2.05) is 6.08 Å². The van der Waals surface area contributed by atoms with Gasteiger partial charge in [0, 0.05) is 5.70 Å². The second kappa shape index (κ2) is 2.57. The van der Waals surface area contributed by atoms with E-state index in [1.165, 1.54) is 0 Å². The Bertz CT molecular complexity index is 210. The van der Waals surface area contributed by atoms with Crippen molar-refractivity contribution in [2.45, 2.75) is 26.2 Å². The minimum Gasteiger partial charge on any atom is -0.481 e. The first-order valence-electron chi connectivity index (χ1n) is 3.72. The minimum absolute atomic E-state index is 0.564. The molecule has 0 aromatic heterocycles. The number of hydrogen-bond acceptors (Lipinski definition) is 2. The Labute approximate surface area is 65.9 Å². The van der Waals surface area contributed by atoms with Crippen molar-refractivity contribution in [3.63, 3.8) is 0 Å². The van der Waals surface area contributed by atoms with Gasteiger partial charge in [0.15, 0.2) is 0 Å². The zero-order chi connectivity index (χ0) is 8.48. The molecule has 1 atom stereocenters. The number of allylic oxidation sites excluding steroid dienone is 2. The van der Waals surface area contributed by atoms with Crippen molar-refractivity contribution in [2.24, 2.45) is 11.1 Å². The van der Waals surface area contributed by atoms with E-state index in [2.05, 4.69) is 0 Å². The number of carboxylic acids is 1. The summed E-state index contributed by atoms with van der Waals surface area (Å²) in [6.45, 7) is 1.76. The fourth-order valence-corrected chi connectivity index (χ4v) is 1.17. The minimum atomic E-state index is -0.721. The number of aliphatic carboxylic acids is 1. The summed E-state index contributed by atoms with van der Waals surface area (Å²) in [5, 5.41) is 8.81. The Kier molecular flexibility index (Phi) is 1.89. The maximum Gasteiger partial charge on any atom is 0.309 e. The van der Waals surface area contributed by atoms with Crippen molar-refractivity contribution in [3.8, 4) is 0 Å². The summed E-state index contributed by atoms with van der Waals surface area (Å²) < 4.78 is 0. The lowest BCUT2D eigenvalue weighted by Gasteiger charge is -2.27. The molecule has 11 heavy (non-hydrogen) atoms. The zero-order valence-corrected chi connectivity index (χ0v) is 6.63. The first kappa shape index (κ1) is 8.11. The molecule has 1 aliphatic rings. The highest BCUT2D eigenvalue weighted by molar-refractivity contribution is 5.74. The Morgan fingerprint density at radius 1 is 1.82 bits per heavy atom. The standard InChI is InChI=1S/C8H13NO2/c1-8(7(10)11)4-2-6(9)3-5-8/h2H,3-5,9H2,1H3,(H,10,11). The van der Waals surface area contributed by atoms with Crippen LogP contribution in [0.4, 0.5) is 0 Å². The van der Waals surface area contributed by atoms with Crippen LogP contribution in [0.15, 0.2) is 11.8 Å². The molecule has 0 bridgehead atoms. The van der Waals surface area contributed by atoms with Crippen LogP contribution in [0, 0.1) is 5.41 Å². The van der Waals surface area contributed by atoms with Crippen LogP contribution in [0.25, 0.3) is 0 Å². The van der Waals surface area contributed by atoms with Gasteiger partial charge in [-0.05, 0) is 26.2 Å². The van der Waals surface area contributed by atoms with Gasteiger partial charge < -0.3 is 10.8 Å². The largest absolute Gasteiger partial charge is 0.481 e. The fourth-order valence-electron chi connectivity index (χ4n) is 1.17. The molecule has 0 aromatic carbocycles. The first-order valence-corrected chi connectivity index (χ1v) is 3.72. The van der Waals surface area contributed by atoms with Crippen molar-refractivity contribution in [2.75, 3.05) is 0 Å². The van der Waals surface area contributed by atoms with E-state index < -0.39 is 11.4 Å². The van der Waals surface area contributed by atoms with Gasteiger partial charge in [-0.3, -0.25) is 4.79 Å². The SMILES string of the molecule is CC1(C(=O)O)CC=C(N)CC1. The third kappa shape index (κ3) is 1.53. The topological polar surface area (TPSA) is 63.3 Å². The zero-order valence-electron chi connectivity index (χ0n) is 6.63. The maximum absolute atomic E-state index is 10.7. The Hall–Kier alpha value is -0.990. The summed E-state index contributed by atoms with van der Waals surface area (Å²) in [5.74, 6) is -0.721. The highest BCUT2D eigenvalue weighted by Crippen LogP contribution is 2.33. The smallest absolute Gasteiger partial charge is 0.309 e. The van der Waals surface area contributed by atoms with Crippen LogP contribution in [0.2, 0.25) is 0 Å². The molecule has 0 saturated carbocycles. The van der Waals surface area contributed by atoms with E-state index in [9.17, 15) is 4.79 Å². The third-order valence-electron chi connectivity index (χ3n) is 2.30. The molecule has 3 N–H and O–H groups in total. The molecule has 1 unspecified atom stereocenters. The summed E-state index contributed by atoms with van der Waals surface area (Å²) >= 11 is 0. The Balaban J connectivity index is 2.71.